The van der Waals surface area contributed by atoms with E-state index in [1.54, 1.807) is 48.7 Å². The maximum atomic E-state index is 11.9. The summed E-state index contributed by atoms with van der Waals surface area (Å²) in [5.74, 6) is 0.222. The summed E-state index contributed by atoms with van der Waals surface area (Å²) >= 11 is 3.37. The molecule has 134 valence electrons. The number of aromatic hydroxyl groups is 1. The maximum Gasteiger partial charge on any atom is 0.336 e. The Balaban J connectivity index is 1.57. The number of hydrogen-bond acceptors (Lipinski definition) is 4. The number of phenolic OH excluding ortho intramolecular Hbond substituents is 1. The largest absolute Gasteiger partial charge is 0.508 e. The second-order valence-corrected chi connectivity index (χ2v) is 6.57. The molecule has 3 rings (SSSR count). The van der Waals surface area contributed by atoms with Crippen molar-refractivity contribution >= 4 is 39.9 Å². The van der Waals surface area contributed by atoms with Gasteiger partial charge in [-0.25, -0.2) is 4.79 Å². The Labute approximate surface area is 165 Å². The summed E-state index contributed by atoms with van der Waals surface area (Å²) in [6, 6.07) is 21.3. The van der Waals surface area contributed by atoms with Crippen LogP contribution >= 0.6 is 15.9 Å². The highest BCUT2D eigenvalue weighted by Gasteiger charge is 2.00. The topological polar surface area (TPSA) is 58.9 Å². The van der Waals surface area contributed by atoms with Crippen LogP contribution in [-0.2, 0) is 4.79 Å². The highest BCUT2D eigenvalue weighted by molar-refractivity contribution is 9.10. The van der Waals surface area contributed by atoms with Gasteiger partial charge in [0.15, 0.2) is 0 Å². The van der Waals surface area contributed by atoms with E-state index in [0.29, 0.717) is 5.75 Å². The summed E-state index contributed by atoms with van der Waals surface area (Å²) in [7, 11) is 0. The molecule has 27 heavy (non-hydrogen) atoms. The number of halogens is 1. The van der Waals surface area contributed by atoms with E-state index in [9.17, 15) is 9.90 Å². The molecule has 0 bridgehead atoms. The van der Waals surface area contributed by atoms with Gasteiger partial charge in [-0.2, -0.15) is 0 Å². The number of rotatable bonds is 5. The fourth-order valence-corrected chi connectivity index (χ4v) is 2.46. The molecule has 0 fully saturated rings. The fourth-order valence-electron chi connectivity index (χ4n) is 2.20. The SMILES string of the molecule is O=C(/C=C/c1ccc(Br)cc1)Oc1ccc(C=Nc2ccc(O)cc2)cc1. The van der Waals surface area contributed by atoms with Crippen molar-refractivity contribution in [1.29, 1.82) is 0 Å². The molecule has 0 aliphatic heterocycles. The molecule has 0 amide bonds. The summed E-state index contributed by atoms with van der Waals surface area (Å²) in [6.07, 6.45) is 4.79. The Bertz CT molecular complexity index is 960. The first kappa shape index (κ1) is 18.6. The number of aliphatic imine (C=N–C) groups is 1. The molecule has 0 aliphatic carbocycles. The third-order valence-electron chi connectivity index (χ3n) is 3.59. The Kier molecular flexibility index (Phi) is 6.18. The van der Waals surface area contributed by atoms with Crippen molar-refractivity contribution in [3.05, 3.63) is 94.5 Å². The van der Waals surface area contributed by atoms with Crippen LogP contribution in [0.15, 0.2) is 88.3 Å². The van der Waals surface area contributed by atoms with Crippen LogP contribution < -0.4 is 4.74 Å². The number of hydrogen-bond donors (Lipinski definition) is 1. The van der Waals surface area contributed by atoms with Gasteiger partial charge < -0.3 is 9.84 Å². The Morgan fingerprint density at radius 1 is 0.889 bits per heavy atom. The first-order valence-electron chi connectivity index (χ1n) is 8.17. The normalized spacial score (nSPS) is 11.1. The standard InChI is InChI=1S/C22H16BrNO3/c23-18-6-1-16(2-7-18)5-14-22(26)27-21-12-3-17(4-13-21)15-24-19-8-10-20(25)11-9-19/h1-15,25H/b14-5+,24-15?. The van der Waals surface area contributed by atoms with Gasteiger partial charge in [0.25, 0.3) is 0 Å². The zero-order chi connectivity index (χ0) is 19.1. The lowest BCUT2D eigenvalue weighted by Gasteiger charge is -2.02. The van der Waals surface area contributed by atoms with Crippen molar-refractivity contribution in [2.24, 2.45) is 4.99 Å². The molecular weight excluding hydrogens is 406 g/mol. The van der Waals surface area contributed by atoms with Crippen molar-refractivity contribution in [2.75, 3.05) is 0 Å². The fraction of sp³-hybridized carbons (Fsp3) is 0. The molecule has 5 heteroatoms. The average Bonchev–Trinajstić information content (AvgIpc) is 2.68. The van der Waals surface area contributed by atoms with E-state index in [4.69, 9.17) is 4.74 Å². The summed E-state index contributed by atoms with van der Waals surface area (Å²) in [6.45, 7) is 0. The number of nitrogens with zero attached hydrogens (tertiary/aromatic N) is 1. The van der Waals surface area contributed by atoms with Gasteiger partial charge in [-0.15, -0.1) is 0 Å². The molecule has 0 radical (unpaired) electrons. The van der Waals surface area contributed by atoms with Crippen LogP contribution in [-0.4, -0.2) is 17.3 Å². The van der Waals surface area contributed by atoms with Gasteiger partial charge in [0.1, 0.15) is 11.5 Å². The van der Waals surface area contributed by atoms with Gasteiger partial charge in [0, 0.05) is 16.8 Å². The van der Waals surface area contributed by atoms with Gasteiger partial charge in [-0.05, 0) is 77.9 Å². The average molecular weight is 422 g/mol. The Morgan fingerprint density at radius 2 is 1.52 bits per heavy atom. The summed E-state index contributed by atoms with van der Waals surface area (Å²) in [5.41, 5.74) is 2.52. The highest BCUT2D eigenvalue weighted by Crippen LogP contribution is 2.17. The van der Waals surface area contributed by atoms with Crippen LogP contribution in [0.3, 0.4) is 0 Å². The number of benzene rings is 3. The lowest BCUT2D eigenvalue weighted by molar-refractivity contribution is -0.128. The zero-order valence-electron chi connectivity index (χ0n) is 14.2. The predicted octanol–water partition coefficient (Wildman–Crippen LogP) is 5.52. The third kappa shape index (κ3) is 5.94. The zero-order valence-corrected chi connectivity index (χ0v) is 15.8. The molecule has 0 heterocycles. The van der Waals surface area contributed by atoms with Gasteiger partial charge in [-0.3, -0.25) is 4.99 Å². The number of ether oxygens (including phenoxy) is 1. The van der Waals surface area contributed by atoms with Crippen LogP contribution in [0.25, 0.3) is 6.08 Å². The minimum Gasteiger partial charge on any atom is -0.508 e. The second kappa shape index (κ2) is 8.96. The van der Waals surface area contributed by atoms with Crippen LogP contribution in [0, 0.1) is 0 Å². The van der Waals surface area contributed by atoms with Crippen molar-refractivity contribution in [3.63, 3.8) is 0 Å². The molecule has 0 aliphatic rings. The van der Waals surface area contributed by atoms with E-state index in [-0.39, 0.29) is 5.75 Å². The highest BCUT2D eigenvalue weighted by atomic mass is 79.9. The Morgan fingerprint density at radius 3 is 2.19 bits per heavy atom. The molecule has 1 N–H and O–H groups in total. The summed E-state index contributed by atoms with van der Waals surface area (Å²) in [4.78, 5) is 16.2. The lowest BCUT2D eigenvalue weighted by Crippen LogP contribution is -2.03. The molecule has 0 atom stereocenters. The predicted molar refractivity (Wildman–Crippen MR) is 111 cm³/mol. The van der Waals surface area contributed by atoms with E-state index in [1.807, 2.05) is 36.4 Å². The lowest BCUT2D eigenvalue weighted by atomic mass is 10.2. The monoisotopic (exact) mass is 421 g/mol. The molecule has 3 aromatic rings. The molecule has 0 unspecified atom stereocenters. The van der Waals surface area contributed by atoms with Crippen LogP contribution in [0.4, 0.5) is 5.69 Å². The van der Waals surface area contributed by atoms with Crippen molar-refractivity contribution < 1.29 is 14.6 Å². The first-order valence-corrected chi connectivity index (χ1v) is 8.96. The van der Waals surface area contributed by atoms with Gasteiger partial charge in [0.05, 0.1) is 5.69 Å². The third-order valence-corrected chi connectivity index (χ3v) is 4.12. The summed E-state index contributed by atoms with van der Waals surface area (Å²) < 4.78 is 6.27. The van der Waals surface area contributed by atoms with Gasteiger partial charge >= 0.3 is 5.97 Å². The molecule has 0 saturated carbocycles. The molecule has 0 aromatic heterocycles. The smallest absolute Gasteiger partial charge is 0.336 e. The number of carbonyl (C=O) groups is 1. The van der Waals surface area contributed by atoms with E-state index < -0.39 is 5.97 Å². The number of esters is 1. The summed E-state index contributed by atoms with van der Waals surface area (Å²) in [5, 5.41) is 9.26. The van der Waals surface area contributed by atoms with E-state index in [2.05, 4.69) is 20.9 Å². The van der Waals surface area contributed by atoms with Crippen molar-refractivity contribution in [2.45, 2.75) is 0 Å². The van der Waals surface area contributed by atoms with Crippen molar-refractivity contribution in [1.82, 2.24) is 0 Å². The molecule has 4 nitrogen and oxygen atoms in total. The quantitative estimate of drug-likeness (QED) is 0.255. The van der Waals surface area contributed by atoms with Crippen LogP contribution in [0.5, 0.6) is 11.5 Å². The number of phenols is 1. The van der Waals surface area contributed by atoms with E-state index in [0.717, 1.165) is 21.3 Å². The van der Waals surface area contributed by atoms with E-state index in [1.165, 1.54) is 6.08 Å². The first-order chi connectivity index (χ1) is 13.1. The van der Waals surface area contributed by atoms with Crippen molar-refractivity contribution in [3.8, 4) is 11.5 Å². The molecule has 0 spiro atoms. The maximum absolute atomic E-state index is 11.9. The minimum absolute atomic E-state index is 0.203. The minimum atomic E-state index is -0.441. The molecule has 3 aromatic carbocycles. The molecular formula is C22H16BrNO3. The second-order valence-electron chi connectivity index (χ2n) is 5.65. The van der Waals surface area contributed by atoms with E-state index >= 15 is 0 Å². The van der Waals surface area contributed by atoms with Crippen LogP contribution in [0.1, 0.15) is 11.1 Å². The Hall–Kier alpha value is -3.18. The molecule has 0 saturated heterocycles. The van der Waals surface area contributed by atoms with Crippen LogP contribution in [0.2, 0.25) is 0 Å². The van der Waals surface area contributed by atoms with Gasteiger partial charge in [0.2, 0.25) is 0 Å². The number of carbonyl (C=O) groups excluding carboxylic acids is 1. The van der Waals surface area contributed by atoms with Gasteiger partial charge in [-0.1, -0.05) is 28.1 Å².